The van der Waals surface area contributed by atoms with Gasteiger partial charge in [-0.05, 0) is 54.9 Å². The Balaban J connectivity index is 1.87. The number of hydrogen-bond donors (Lipinski definition) is 14. The third-order valence-corrected chi connectivity index (χ3v) is 12.0. The van der Waals surface area contributed by atoms with Crippen LogP contribution in [0.4, 0.5) is 0 Å². The molecule has 8 atom stereocenters. The molecule has 2 aromatic carbocycles. The van der Waals surface area contributed by atoms with E-state index in [-0.39, 0.29) is 55.4 Å². The number of phenolic OH excluding ortho intramolecular Hbond substituents is 1. The van der Waals surface area contributed by atoms with E-state index >= 15 is 0 Å². The molecule has 1 fully saturated rings. The topological polar surface area (TPSA) is 400 Å². The number of primary amides is 3. The molecular formula is C46H66N12O12S2. The predicted octanol–water partition coefficient (Wildman–Crippen LogP) is -3.95. The highest BCUT2D eigenvalue weighted by atomic mass is 32.1. The lowest BCUT2D eigenvalue weighted by Gasteiger charge is -2.30. The summed E-state index contributed by atoms with van der Waals surface area (Å²) in [5.41, 5.74) is 23.0. The van der Waals surface area contributed by atoms with E-state index in [4.69, 9.17) is 22.9 Å². The van der Waals surface area contributed by atoms with E-state index in [1.165, 1.54) is 29.2 Å². The van der Waals surface area contributed by atoms with Gasteiger partial charge in [0, 0.05) is 37.3 Å². The minimum atomic E-state index is -1.78. The maximum Gasteiger partial charge on any atom is 0.246 e. The lowest BCUT2D eigenvalue weighted by molar-refractivity contribution is -0.142. The third kappa shape index (κ3) is 19.7. The molecule has 1 aliphatic heterocycles. The first kappa shape index (κ1) is 59.4. The van der Waals surface area contributed by atoms with Gasteiger partial charge in [-0.3, -0.25) is 52.7 Å². The fourth-order valence-corrected chi connectivity index (χ4v) is 7.92. The van der Waals surface area contributed by atoms with Crippen LogP contribution in [0, 0.1) is 5.92 Å². The Morgan fingerprint density at radius 3 is 1.69 bits per heavy atom. The van der Waals surface area contributed by atoms with Crippen molar-refractivity contribution in [3.63, 3.8) is 0 Å². The number of hydrogen-bond acceptors (Lipinski definition) is 15. The van der Waals surface area contributed by atoms with Crippen molar-refractivity contribution >= 4 is 90.2 Å². The van der Waals surface area contributed by atoms with Gasteiger partial charge in [-0.15, -0.1) is 0 Å². The van der Waals surface area contributed by atoms with Gasteiger partial charge < -0.3 is 70.2 Å². The number of amides is 11. The van der Waals surface area contributed by atoms with Crippen LogP contribution < -0.4 is 60.2 Å². The fourth-order valence-electron chi connectivity index (χ4n) is 7.51. The molecule has 0 bridgehead atoms. The molecule has 24 nitrogen and oxygen atoms in total. The number of phenols is 1. The molecule has 1 aliphatic rings. The van der Waals surface area contributed by atoms with Crippen LogP contribution in [0.3, 0.4) is 0 Å². The van der Waals surface area contributed by atoms with Crippen LogP contribution in [-0.4, -0.2) is 148 Å². The van der Waals surface area contributed by atoms with Crippen LogP contribution in [0.1, 0.15) is 63.5 Å². The second-order valence-corrected chi connectivity index (χ2v) is 18.3. The van der Waals surface area contributed by atoms with Gasteiger partial charge in [-0.25, -0.2) is 0 Å². The van der Waals surface area contributed by atoms with Crippen LogP contribution in [0.5, 0.6) is 5.75 Å². The summed E-state index contributed by atoms with van der Waals surface area (Å²) in [6, 6.07) is 3.32. The van der Waals surface area contributed by atoms with Crippen molar-refractivity contribution in [1.82, 2.24) is 42.1 Å². The minimum absolute atomic E-state index is 0.0507. The molecule has 0 spiro atoms. The van der Waals surface area contributed by atoms with Crippen LogP contribution in [0.2, 0.25) is 0 Å². The van der Waals surface area contributed by atoms with Gasteiger partial charge in [0.25, 0.3) is 0 Å². The van der Waals surface area contributed by atoms with Crippen molar-refractivity contribution in [3.05, 3.63) is 65.7 Å². The van der Waals surface area contributed by atoms with Gasteiger partial charge in [0.15, 0.2) is 0 Å². The number of nitrogens with zero attached hydrogens (tertiary/aromatic N) is 1. The number of rotatable bonds is 29. The van der Waals surface area contributed by atoms with Gasteiger partial charge in [-0.2, -0.15) is 25.3 Å². The van der Waals surface area contributed by atoms with Crippen LogP contribution >= 0.6 is 25.3 Å². The third-order valence-electron chi connectivity index (χ3n) is 11.2. The van der Waals surface area contributed by atoms with Gasteiger partial charge >= 0.3 is 0 Å². The second-order valence-electron chi connectivity index (χ2n) is 17.6. The SMILES string of the molecule is CC(C)C[C@H](NC(=O)[C@@H]1CCCN1C(=O)[C@H](CS)NC(=O)[C@H](CC(N)=O)NC(=O)[C@H](CCC(N)=O)NC(=O)[C@H](Cc1ccccc1)NC(=O)[C@H](Cc1ccc(O)cc1)NC(=O)[C@@H](N)CS)C(=O)NCC(N)=O. The van der Waals surface area contributed by atoms with E-state index < -0.39 is 139 Å². The Morgan fingerprint density at radius 2 is 1.15 bits per heavy atom. The monoisotopic (exact) mass is 1040 g/mol. The first-order valence-electron chi connectivity index (χ1n) is 23.1. The molecule has 2 aromatic rings. The summed E-state index contributed by atoms with van der Waals surface area (Å²) in [4.78, 5) is 146. The molecule has 16 N–H and O–H groups in total. The molecule has 0 aliphatic carbocycles. The van der Waals surface area contributed by atoms with E-state index in [1.54, 1.807) is 30.3 Å². The lowest BCUT2D eigenvalue weighted by Crippen LogP contribution is -2.61. The maximum atomic E-state index is 14.3. The first-order chi connectivity index (χ1) is 34.0. The second kappa shape index (κ2) is 29.4. The zero-order chi connectivity index (χ0) is 53.7. The summed E-state index contributed by atoms with van der Waals surface area (Å²) in [7, 11) is 0. The number of nitrogens with two attached hydrogens (primary N) is 4. The molecule has 0 unspecified atom stereocenters. The minimum Gasteiger partial charge on any atom is -0.508 e. The zero-order valence-corrected chi connectivity index (χ0v) is 41.8. The summed E-state index contributed by atoms with van der Waals surface area (Å²) in [6.07, 6.45) is -1.24. The molecule has 1 heterocycles. The van der Waals surface area contributed by atoms with Crippen molar-refractivity contribution in [2.45, 2.75) is 114 Å². The van der Waals surface area contributed by atoms with E-state index in [0.717, 1.165) is 0 Å². The summed E-state index contributed by atoms with van der Waals surface area (Å²) >= 11 is 8.31. The smallest absolute Gasteiger partial charge is 0.246 e. The summed E-state index contributed by atoms with van der Waals surface area (Å²) in [6.45, 7) is 3.24. The van der Waals surface area contributed by atoms with Gasteiger partial charge in [0.1, 0.15) is 48.0 Å². The number of benzene rings is 2. The largest absolute Gasteiger partial charge is 0.508 e. The van der Waals surface area contributed by atoms with Crippen LogP contribution in [0.25, 0.3) is 0 Å². The maximum absolute atomic E-state index is 14.3. The van der Waals surface area contributed by atoms with Gasteiger partial charge in [0.05, 0.1) is 19.0 Å². The Bertz CT molecular complexity index is 2260. The molecule has 0 aromatic heterocycles. The molecular weight excluding hydrogens is 977 g/mol. The average molecular weight is 1040 g/mol. The highest BCUT2D eigenvalue weighted by Gasteiger charge is 2.40. The first-order valence-corrected chi connectivity index (χ1v) is 24.3. The Labute approximate surface area is 427 Å². The predicted molar refractivity (Wildman–Crippen MR) is 268 cm³/mol. The normalized spacial score (nSPS) is 16.0. The number of carbonyl (C=O) groups excluding carboxylic acids is 11. The lowest BCUT2D eigenvalue weighted by atomic mass is 10.0. The highest BCUT2D eigenvalue weighted by Crippen LogP contribution is 2.20. The highest BCUT2D eigenvalue weighted by molar-refractivity contribution is 7.80. The molecule has 72 heavy (non-hydrogen) atoms. The van der Waals surface area contributed by atoms with Crippen LogP contribution in [0.15, 0.2) is 54.6 Å². The molecule has 0 saturated carbocycles. The Hall–Kier alpha value is -6.93. The average Bonchev–Trinajstić information content (AvgIpc) is 3.83. The molecule has 1 saturated heterocycles. The van der Waals surface area contributed by atoms with Crippen molar-refractivity contribution in [1.29, 1.82) is 0 Å². The standard InChI is InChI=1S/C46H66N12O12S2/c1-24(2)17-30(40(64)51-21-38(50)62)56-45(69)35-9-6-16-58(35)46(70)34(23-72)57-44(68)33(20-37(49)61)55-41(65)29(14-15-36(48)60)52-42(66)32(18-25-7-4-3-5-8-25)54-43(67)31(53-39(63)28(47)22-71)19-26-10-12-27(59)13-11-26/h3-5,7-8,10-13,24,28-35,59,71-72H,6,9,14-23,47H2,1-2H3,(H2,48,60)(H2,49,61)(H2,50,62)(H,51,64)(H,52,66)(H,53,63)(H,54,67)(H,55,65)(H,56,69)(H,57,68)/t28-,29-,30-,31-,32-,33-,34-,35-/m0/s1. The molecule has 3 rings (SSSR count). The summed E-state index contributed by atoms with van der Waals surface area (Å²) < 4.78 is 0. The van der Waals surface area contributed by atoms with Crippen molar-refractivity contribution in [3.8, 4) is 5.75 Å². The number of aromatic hydroxyl groups is 1. The van der Waals surface area contributed by atoms with E-state index in [9.17, 15) is 57.8 Å². The van der Waals surface area contributed by atoms with E-state index in [2.05, 4.69) is 62.5 Å². The Kier molecular flexibility index (Phi) is 24.3. The van der Waals surface area contributed by atoms with E-state index in [1.807, 2.05) is 13.8 Å². The number of nitrogens with one attached hydrogen (secondary N) is 7. The van der Waals surface area contributed by atoms with Crippen molar-refractivity contribution in [2.75, 3.05) is 24.6 Å². The Morgan fingerprint density at radius 1 is 0.625 bits per heavy atom. The number of carbonyl (C=O) groups is 11. The zero-order valence-electron chi connectivity index (χ0n) is 40.0. The fraction of sp³-hybridized carbons (Fsp3) is 0.500. The van der Waals surface area contributed by atoms with Gasteiger partial charge in [0.2, 0.25) is 65.0 Å². The number of likely N-dealkylation sites (tertiary alicyclic amines) is 1. The summed E-state index contributed by atoms with van der Waals surface area (Å²) in [5, 5.41) is 27.3. The van der Waals surface area contributed by atoms with Crippen molar-refractivity contribution in [2.24, 2.45) is 28.9 Å². The molecule has 0 radical (unpaired) electrons. The molecule has 11 amide bonds. The van der Waals surface area contributed by atoms with Crippen molar-refractivity contribution < 1.29 is 57.8 Å². The quantitative estimate of drug-likeness (QED) is 0.0347. The molecule has 394 valence electrons. The summed E-state index contributed by atoms with van der Waals surface area (Å²) in [5.74, 6) is -10.1. The molecule has 26 heteroatoms. The van der Waals surface area contributed by atoms with Crippen LogP contribution in [-0.2, 0) is 65.6 Å². The van der Waals surface area contributed by atoms with Gasteiger partial charge in [-0.1, -0.05) is 56.3 Å². The van der Waals surface area contributed by atoms with E-state index in [0.29, 0.717) is 17.5 Å². The number of thiol groups is 2.